The Morgan fingerprint density at radius 3 is 1.91 bits per heavy atom. The normalized spacial score (nSPS) is 18.9. The molecule has 0 unspecified atom stereocenters. The van der Waals surface area contributed by atoms with Crippen molar-refractivity contribution in [2.45, 2.75) is 107 Å². The second-order valence-corrected chi connectivity index (χ2v) is 10.6. The van der Waals surface area contributed by atoms with Crippen molar-refractivity contribution in [3.8, 4) is 0 Å². The van der Waals surface area contributed by atoms with E-state index in [1.807, 2.05) is 12.1 Å². The molecule has 0 heterocycles. The maximum absolute atomic E-state index is 12.4. The maximum Gasteiger partial charge on any atom is 0.288 e. The predicted molar refractivity (Wildman–Crippen MR) is 135 cm³/mol. The van der Waals surface area contributed by atoms with E-state index >= 15 is 0 Å². The highest BCUT2D eigenvalue weighted by Crippen LogP contribution is 2.38. The smallest absolute Gasteiger partial charge is 0.198 e. The number of rotatable bonds is 13. The van der Waals surface area contributed by atoms with E-state index in [-0.39, 0.29) is 0 Å². The number of hydrogen-bond acceptors (Lipinski definition) is 1. The van der Waals surface area contributed by atoms with Crippen LogP contribution in [-0.2, 0) is 12.8 Å². The summed E-state index contributed by atoms with van der Waals surface area (Å²) in [5.74, 6) is -0.651. The highest BCUT2D eigenvalue weighted by molar-refractivity contribution is 7.99. The fourth-order valence-corrected chi connectivity index (χ4v) is 5.58. The van der Waals surface area contributed by atoms with Gasteiger partial charge in [-0.15, -0.1) is 0 Å². The molecule has 1 fully saturated rings. The van der Waals surface area contributed by atoms with Crippen molar-refractivity contribution < 1.29 is 8.78 Å². The SMILES string of the molecule is CCCCCCCCC1CCC(c2ccc(CCc3ccc(SC(F)F)cc3)cc2)CC1. The van der Waals surface area contributed by atoms with Crippen LogP contribution < -0.4 is 0 Å². The van der Waals surface area contributed by atoms with E-state index in [9.17, 15) is 8.78 Å². The van der Waals surface area contributed by atoms with Gasteiger partial charge in [0.25, 0.3) is 5.76 Å². The number of thioether (sulfide) groups is 1. The van der Waals surface area contributed by atoms with Gasteiger partial charge in [0, 0.05) is 4.90 Å². The highest BCUT2D eigenvalue weighted by atomic mass is 32.2. The van der Waals surface area contributed by atoms with Crippen molar-refractivity contribution in [1.29, 1.82) is 0 Å². The lowest BCUT2D eigenvalue weighted by molar-refractivity contribution is 0.252. The van der Waals surface area contributed by atoms with E-state index in [0.29, 0.717) is 16.7 Å². The summed E-state index contributed by atoms with van der Waals surface area (Å²) in [6.45, 7) is 2.29. The van der Waals surface area contributed by atoms with Crippen molar-refractivity contribution in [1.82, 2.24) is 0 Å². The van der Waals surface area contributed by atoms with Crippen LogP contribution in [0.1, 0.15) is 100 Å². The van der Waals surface area contributed by atoms with Crippen LogP contribution in [0.3, 0.4) is 0 Å². The molecule has 2 aromatic rings. The quantitative estimate of drug-likeness (QED) is 0.212. The van der Waals surface area contributed by atoms with E-state index in [1.165, 1.54) is 87.3 Å². The molecule has 1 aliphatic rings. The summed E-state index contributed by atoms with van der Waals surface area (Å²) in [5.41, 5.74) is 4.08. The number of hydrogen-bond donors (Lipinski definition) is 0. The molecule has 3 rings (SSSR count). The van der Waals surface area contributed by atoms with Gasteiger partial charge in [-0.05, 0) is 79.2 Å². The lowest BCUT2D eigenvalue weighted by Gasteiger charge is -2.29. The Balaban J connectivity index is 1.36. The highest BCUT2D eigenvalue weighted by Gasteiger charge is 2.22. The standard InChI is InChI=1S/C29H40F2S/c1-2-3-4-5-6-7-8-23-11-17-26(18-12-23)27-19-13-24(14-20-27)9-10-25-15-21-28(22-16-25)32-29(30)31/h13-16,19-23,26,29H,2-12,17-18H2,1H3. The van der Waals surface area contributed by atoms with Gasteiger partial charge in [0.2, 0.25) is 0 Å². The average molecular weight is 459 g/mol. The molecular formula is C29H40F2S. The fourth-order valence-electron chi connectivity index (χ4n) is 5.08. The molecule has 1 aliphatic carbocycles. The van der Waals surface area contributed by atoms with Gasteiger partial charge in [0.05, 0.1) is 0 Å². The first-order valence-corrected chi connectivity index (χ1v) is 13.6. The van der Waals surface area contributed by atoms with Crippen LogP contribution in [0.25, 0.3) is 0 Å². The third kappa shape index (κ3) is 8.89. The zero-order valence-electron chi connectivity index (χ0n) is 19.7. The largest absolute Gasteiger partial charge is 0.288 e. The lowest BCUT2D eigenvalue weighted by atomic mass is 9.77. The molecule has 0 atom stereocenters. The summed E-state index contributed by atoms with van der Waals surface area (Å²) in [4.78, 5) is 0.634. The van der Waals surface area contributed by atoms with E-state index < -0.39 is 5.76 Å². The molecule has 0 nitrogen and oxygen atoms in total. The number of alkyl halides is 2. The second-order valence-electron chi connectivity index (χ2n) is 9.54. The van der Waals surface area contributed by atoms with Crippen molar-refractivity contribution >= 4 is 11.8 Å². The van der Waals surface area contributed by atoms with Gasteiger partial charge in [0.15, 0.2) is 0 Å². The van der Waals surface area contributed by atoms with Gasteiger partial charge in [-0.1, -0.05) is 100 Å². The second kappa shape index (κ2) is 14.0. The van der Waals surface area contributed by atoms with E-state index in [1.54, 1.807) is 12.1 Å². The zero-order valence-corrected chi connectivity index (χ0v) is 20.5. The molecular weight excluding hydrogens is 418 g/mol. The maximum atomic E-state index is 12.4. The Hall–Kier alpha value is -1.35. The van der Waals surface area contributed by atoms with Crippen molar-refractivity contribution in [3.05, 3.63) is 65.2 Å². The summed E-state index contributed by atoms with van der Waals surface area (Å²) in [6.07, 6.45) is 17.3. The zero-order chi connectivity index (χ0) is 22.6. The van der Waals surface area contributed by atoms with Gasteiger partial charge >= 0.3 is 0 Å². The monoisotopic (exact) mass is 458 g/mol. The third-order valence-corrected chi connectivity index (χ3v) is 7.84. The molecule has 176 valence electrons. The van der Waals surface area contributed by atoms with Crippen molar-refractivity contribution in [3.63, 3.8) is 0 Å². The molecule has 1 saturated carbocycles. The predicted octanol–water partition coefficient (Wildman–Crippen LogP) is 9.81. The Kier molecular flexibility index (Phi) is 11.1. The van der Waals surface area contributed by atoms with Crippen LogP contribution >= 0.6 is 11.8 Å². The molecule has 0 aliphatic heterocycles. The number of aryl methyl sites for hydroxylation is 2. The molecule has 0 saturated heterocycles. The Morgan fingerprint density at radius 2 is 1.31 bits per heavy atom. The minimum atomic E-state index is -2.35. The fraction of sp³-hybridized carbons (Fsp3) is 0.586. The van der Waals surface area contributed by atoms with Gasteiger partial charge < -0.3 is 0 Å². The van der Waals surface area contributed by atoms with Crippen LogP contribution in [0.5, 0.6) is 0 Å². The van der Waals surface area contributed by atoms with Crippen LogP contribution in [0.15, 0.2) is 53.4 Å². The summed E-state index contributed by atoms with van der Waals surface area (Å²) < 4.78 is 24.9. The van der Waals surface area contributed by atoms with E-state index in [4.69, 9.17) is 0 Å². The van der Waals surface area contributed by atoms with Gasteiger partial charge in [-0.2, -0.15) is 8.78 Å². The third-order valence-electron chi connectivity index (χ3n) is 7.11. The number of unbranched alkanes of at least 4 members (excludes halogenated alkanes) is 5. The first-order valence-electron chi connectivity index (χ1n) is 12.8. The van der Waals surface area contributed by atoms with Crippen molar-refractivity contribution in [2.24, 2.45) is 5.92 Å². The van der Waals surface area contributed by atoms with Crippen LogP contribution in [-0.4, -0.2) is 5.76 Å². The van der Waals surface area contributed by atoms with Crippen LogP contribution in [0.2, 0.25) is 0 Å². The van der Waals surface area contributed by atoms with E-state index in [0.717, 1.165) is 24.7 Å². The molecule has 32 heavy (non-hydrogen) atoms. The van der Waals surface area contributed by atoms with E-state index in [2.05, 4.69) is 31.2 Å². The summed E-state index contributed by atoms with van der Waals surface area (Å²) in [5, 5.41) is 0. The van der Waals surface area contributed by atoms with Crippen LogP contribution in [0, 0.1) is 5.92 Å². The van der Waals surface area contributed by atoms with Gasteiger partial charge in [0.1, 0.15) is 0 Å². The minimum Gasteiger partial charge on any atom is -0.198 e. The lowest BCUT2D eigenvalue weighted by Crippen LogP contribution is -2.13. The molecule has 3 heteroatoms. The number of halogens is 2. The first kappa shape index (κ1) is 25.3. The summed E-state index contributed by atoms with van der Waals surface area (Å²) >= 11 is 0.610. The Bertz CT molecular complexity index is 746. The van der Waals surface area contributed by atoms with Crippen molar-refractivity contribution in [2.75, 3.05) is 0 Å². The summed E-state index contributed by atoms with van der Waals surface area (Å²) in [7, 11) is 0. The molecule has 0 spiro atoms. The van der Waals surface area contributed by atoms with Crippen LogP contribution in [0.4, 0.5) is 8.78 Å². The Labute approximate surface area is 198 Å². The minimum absolute atomic E-state index is 0.610. The molecule has 0 N–H and O–H groups in total. The molecule has 2 aromatic carbocycles. The average Bonchev–Trinajstić information content (AvgIpc) is 2.81. The first-order chi connectivity index (χ1) is 15.6. The number of benzene rings is 2. The molecule has 0 radical (unpaired) electrons. The molecule has 0 bridgehead atoms. The Morgan fingerprint density at radius 1 is 0.750 bits per heavy atom. The topological polar surface area (TPSA) is 0 Å². The summed E-state index contributed by atoms with van der Waals surface area (Å²) in [6, 6.07) is 16.8. The molecule has 0 aromatic heterocycles. The van der Waals surface area contributed by atoms with Gasteiger partial charge in [-0.3, -0.25) is 0 Å². The molecule has 0 amide bonds. The van der Waals surface area contributed by atoms with Gasteiger partial charge in [-0.25, -0.2) is 0 Å².